The zero-order chi connectivity index (χ0) is 12.3. The van der Waals surface area contributed by atoms with E-state index in [1.807, 2.05) is 37.3 Å². The van der Waals surface area contributed by atoms with Crippen molar-refractivity contribution in [3.63, 3.8) is 0 Å². The molecule has 0 aliphatic carbocycles. The minimum atomic E-state index is 0.611. The number of hydrogen-bond donors (Lipinski definition) is 0. The summed E-state index contributed by atoms with van der Waals surface area (Å²) in [6, 6.07) is 9.76. The van der Waals surface area contributed by atoms with Gasteiger partial charge in [0.25, 0.3) is 0 Å². The topological polar surface area (TPSA) is 22.1 Å². The van der Waals surface area contributed by atoms with Crippen molar-refractivity contribution in [2.45, 2.75) is 12.3 Å². The van der Waals surface area contributed by atoms with Crippen molar-refractivity contribution >= 4 is 31.9 Å². The molecule has 17 heavy (non-hydrogen) atoms. The Bertz CT molecular complexity index is 511. The number of alkyl halides is 1. The highest BCUT2D eigenvalue weighted by atomic mass is 79.9. The number of benzene rings is 1. The van der Waals surface area contributed by atoms with E-state index in [0.29, 0.717) is 5.88 Å². The number of pyridine rings is 1. The average molecular weight is 357 g/mol. The minimum Gasteiger partial charge on any atom is -0.439 e. The van der Waals surface area contributed by atoms with E-state index in [1.165, 1.54) is 0 Å². The number of nitrogens with zero attached hydrogens (tertiary/aromatic N) is 1. The number of halogens is 2. The highest BCUT2D eigenvalue weighted by Crippen LogP contribution is 2.26. The summed E-state index contributed by atoms with van der Waals surface area (Å²) in [6.07, 6.45) is 1.80. The molecule has 2 aromatic rings. The molecule has 0 N–H and O–H groups in total. The predicted molar refractivity (Wildman–Crippen MR) is 75.8 cm³/mol. The van der Waals surface area contributed by atoms with Crippen LogP contribution in [0.15, 0.2) is 41.0 Å². The molecule has 0 radical (unpaired) electrons. The molecular formula is C13H11Br2NO. The zero-order valence-electron chi connectivity index (χ0n) is 9.28. The van der Waals surface area contributed by atoms with Gasteiger partial charge in [-0.3, -0.25) is 0 Å². The van der Waals surface area contributed by atoms with Crippen LogP contribution in [0.4, 0.5) is 0 Å². The quantitative estimate of drug-likeness (QED) is 0.734. The van der Waals surface area contributed by atoms with Crippen LogP contribution in [-0.4, -0.2) is 4.98 Å². The Kier molecular flexibility index (Phi) is 4.18. The summed E-state index contributed by atoms with van der Waals surface area (Å²) in [5.41, 5.74) is 2.20. The summed E-state index contributed by atoms with van der Waals surface area (Å²) in [5, 5.41) is 0.803. The first-order valence-corrected chi connectivity index (χ1v) is 7.05. The molecule has 1 aromatic carbocycles. The van der Waals surface area contributed by atoms with Gasteiger partial charge in [0, 0.05) is 22.1 Å². The van der Waals surface area contributed by atoms with Crippen molar-refractivity contribution in [1.29, 1.82) is 0 Å². The molecule has 1 aromatic heterocycles. The van der Waals surface area contributed by atoms with E-state index in [-0.39, 0.29) is 0 Å². The van der Waals surface area contributed by atoms with Gasteiger partial charge in [0.1, 0.15) is 5.75 Å². The third-order valence-electron chi connectivity index (χ3n) is 2.30. The molecule has 0 aliphatic heterocycles. The smallest absolute Gasteiger partial charge is 0.219 e. The van der Waals surface area contributed by atoms with Crippen LogP contribution in [0, 0.1) is 6.92 Å². The van der Waals surface area contributed by atoms with Gasteiger partial charge in [-0.15, -0.1) is 0 Å². The van der Waals surface area contributed by atoms with Gasteiger partial charge in [-0.1, -0.05) is 37.9 Å². The summed E-state index contributed by atoms with van der Waals surface area (Å²) >= 11 is 6.81. The molecule has 0 saturated heterocycles. The van der Waals surface area contributed by atoms with Crippen LogP contribution in [0.2, 0.25) is 0 Å². The van der Waals surface area contributed by atoms with Crippen molar-refractivity contribution in [3.05, 3.63) is 52.1 Å². The lowest BCUT2D eigenvalue weighted by atomic mass is 10.2. The first-order chi connectivity index (χ1) is 8.19. The largest absolute Gasteiger partial charge is 0.439 e. The van der Waals surface area contributed by atoms with Crippen molar-refractivity contribution in [1.82, 2.24) is 4.98 Å². The predicted octanol–water partition coefficient (Wildman–Crippen LogP) is 4.84. The lowest BCUT2D eigenvalue weighted by Crippen LogP contribution is -1.91. The Morgan fingerprint density at radius 1 is 1.24 bits per heavy atom. The Balaban J connectivity index is 2.19. The number of ether oxygens (including phenoxy) is 1. The second-order valence-corrected chi connectivity index (χ2v) is 5.13. The van der Waals surface area contributed by atoms with Crippen LogP contribution < -0.4 is 4.74 Å². The van der Waals surface area contributed by atoms with Crippen LogP contribution in [0.25, 0.3) is 0 Å². The highest BCUT2D eigenvalue weighted by Gasteiger charge is 2.03. The van der Waals surface area contributed by atoms with Crippen molar-refractivity contribution in [2.75, 3.05) is 0 Å². The van der Waals surface area contributed by atoms with Gasteiger partial charge >= 0.3 is 0 Å². The summed E-state index contributed by atoms with van der Waals surface area (Å²) < 4.78 is 6.76. The van der Waals surface area contributed by atoms with E-state index in [0.717, 1.165) is 26.7 Å². The van der Waals surface area contributed by atoms with E-state index < -0.39 is 0 Å². The molecule has 0 spiro atoms. The van der Waals surface area contributed by atoms with Crippen molar-refractivity contribution < 1.29 is 4.74 Å². The Morgan fingerprint density at radius 3 is 2.65 bits per heavy atom. The van der Waals surface area contributed by atoms with Crippen molar-refractivity contribution in [2.24, 2.45) is 0 Å². The lowest BCUT2D eigenvalue weighted by molar-refractivity contribution is 0.459. The molecule has 0 fully saturated rings. The molecule has 0 atom stereocenters. The maximum atomic E-state index is 5.72. The fourth-order valence-corrected chi connectivity index (χ4v) is 2.20. The third kappa shape index (κ3) is 3.30. The summed E-state index contributed by atoms with van der Waals surface area (Å²) in [5.74, 6) is 1.44. The van der Waals surface area contributed by atoms with Crippen LogP contribution >= 0.6 is 31.9 Å². The van der Waals surface area contributed by atoms with Gasteiger partial charge in [-0.2, -0.15) is 0 Å². The third-order valence-corrected chi connectivity index (χ3v) is 3.44. The minimum absolute atomic E-state index is 0.611. The molecular weight excluding hydrogens is 346 g/mol. The van der Waals surface area contributed by atoms with Crippen LogP contribution in [0.1, 0.15) is 11.1 Å². The van der Waals surface area contributed by atoms with Gasteiger partial charge in [0.15, 0.2) is 0 Å². The molecule has 2 rings (SSSR count). The maximum Gasteiger partial charge on any atom is 0.219 e. The Morgan fingerprint density at radius 2 is 2.06 bits per heavy atom. The SMILES string of the molecule is Cc1cc(Br)ccc1Oc1ccc(CBr)cn1. The average Bonchev–Trinajstić information content (AvgIpc) is 2.34. The van der Waals surface area contributed by atoms with E-state index in [4.69, 9.17) is 4.74 Å². The van der Waals surface area contributed by atoms with Crippen molar-refractivity contribution in [3.8, 4) is 11.6 Å². The molecule has 0 unspecified atom stereocenters. The molecule has 0 amide bonds. The fraction of sp³-hybridized carbons (Fsp3) is 0.154. The summed E-state index contributed by atoms with van der Waals surface area (Å²) in [6.45, 7) is 2.01. The van der Waals surface area contributed by atoms with Crippen LogP contribution in [0.5, 0.6) is 11.6 Å². The maximum absolute atomic E-state index is 5.72. The molecule has 88 valence electrons. The van der Waals surface area contributed by atoms with Gasteiger partial charge in [0.05, 0.1) is 0 Å². The van der Waals surface area contributed by atoms with E-state index >= 15 is 0 Å². The summed E-state index contributed by atoms with van der Waals surface area (Å²) in [7, 11) is 0. The Hall–Kier alpha value is -0.870. The number of rotatable bonds is 3. The second kappa shape index (κ2) is 5.65. The van der Waals surface area contributed by atoms with Gasteiger partial charge < -0.3 is 4.74 Å². The molecule has 0 aliphatic rings. The molecule has 2 nitrogen and oxygen atoms in total. The molecule has 0 bridgehead atoms. The van der Waals surface area contributed by atoms with E-state index in [2.05, 4.69) is 36.8 Å². The molecule has 0 saturated carbocycles. The van der Waals surface area contributed by atoms with Gasteiger partial charge in [0.2, 0.25) is 5.88 Å². The van der Waals surface area contributed by atoms with E-state index in [9.17, 15) is 0 Å². The second-order valence-electron chi connectivity index (χ2n) is 3.65. The first-order valence-electron chi connectivity index (χ1n) is 5.14. The number of aryl methyl sites for hydroxylation is 1. The monoisotopic (exact) mass is 355 g/mol. The standard InChI is InChI=1S/C13H11Br2NO/c1-9-6-11(15)3-4-12(9)17-13-5-2-10(7-14)8-16-13/h2-6,8H,7H2,1H3. The normalized spacial score (nSPS) is 10.3. The summed E-state index contributed by atoms with van der Waals surface area (Å²) in [4.78, 5) is 4.24. The molecule has 1 heterocycles. The number of aromatic nitrogens is 1. The van der Waals surface area contributed by atoms with Crippen LogP contribution in [-0.2, 0) is 5.33 Å². The molecule has 4 heteroatoms. The van der Waals surface area contributed by atoms with E-state index in [1.54, 1.807) is 6.20 Å². The van der Waals surface area contributed by atoms with Crippen LogP contribution in [0.3, 0.4) is 0 Å². The number of hydrogen-bond acceptors (Lipinski definition) is 2. The first kappa shape index (κ1) is 12.6. The highest BCUT2D eigenvalue weighted by molar-refractivity contribution is 9.10. The Labute approximate surface area is 117 Å². The lowest BCUT2D eigenvalue weighted by Gasteiger charge is -2.08. The van der Waals surface area contributed by atoms with Gasteiger partial charge in [-0.25, -0.2) is 4.98 Å². The zero-order valence-corrected chi connectivity index (χ0v) is 12.5. The van der Waals surface area contributed by atoms with Gasteiger partial charge in [-0.05, 0) is 36.2 Å². The fourth-order valence-electron chi connectivity index (χ4n) is 1.39.